The molecule has 7 nitrogen and oxygen atoms in total. The van der Waals surface area contributed by atoms with Gasteiger partial charge in [-0.15, -0.1) is 0 Å². The molecule has 0 saturated carbocycles. The average Bonchev–Trinajstić information content (AvgIpc) is 2.88. The van der Waals surface area contributed by atoms with Gasteiger partial charge in [-0.1, -0.05) is 47.5 Å². The van der Waals surface area contributed by atoms with Gasteiger partial charge in [0.15, 0.2) is 8.32 Å². The summed E-state index contributed by atoms with van der Waals surface area (Å²) in [6, 6.07) is 7.12. The van der Waals surface area contributed by atoms with E-state index in [4.69, 9.17) is 24.6 Å². The molecule has 0 aliphatic carbocycles. The van der Waals surface area contributed by atoms with Gasteiger partial charge in [-0.3, -0.25) is 4.98 Å². The second-order valence-corrected chi connectivity index (χ2v) is 17.3. The van der Waals surface area contributed by atoms with Crippen LogP contribution in [0.4, 0.5) is 10.1 Å². The van der Waals surface area contributed by atoms with Gasteiger partial charge < -0.3 is 25.0 Å². The van der Waals surface area contributed by atoms with Crippen molar-refractivity contribution in [1.29, 1.82) is 0 Å². The number of nitrogens with two attached hydrogens (primary N) is 1. The zero-order valence-corrected chi connectivity index (χ0v) is 26.2. The molecule has 9 heteroatoms. The lowest BCUT2D eigenvalue weighted by molar-refractivity contribution is 0.0476. The number of aromatic nitrogens is 1. The number of aliphatic imine (C=N–C) groups is 1. The number of unbranched alkanes of at least 4 members (excludes halogenated alkanes) is 1. The van der Waals surface area contributed by atoms with Crippen molar-refractivity contribution < 1.29 is 18.3 Å². The molecule has 39 heavy (non-hydrogen) atoms. The highest BCUT2D eigenvalue weighted by molar-refractivity contribution is 6.74. The summed E-state index contributed by atoms with van der Waals surface area (Å²) in [5, 5.41) is 3.52. The molecule has 0 bridgehead atoms. The Balaban J connectivity index is 1.99. The van der Waals surface area contributed by atoms with E-state index in [-0.39, 0.29) is 5.04 Å². The summed E-state index contributed by atoms with van der Waals surface area (Å²) in [6.07, 6.45) is 4.55. The quantitative estimate of drug-likeness (QED) is 0.294. The molecule has 1 aromatic heterocycles. The fourth-order valence-electron chi connectivity index (χ4n) is 4.73. The van der Waals surface area contributed by atoms with Gasteiger partial charge in [0.1, 0.15) is 23.2 Å². The number of hydrogen-bond donors (Lipinski definition) is 2. The second kappa shape index (κ2) is 11.9. The Morgan fingerprint density at radius 3 is 2.46 bits per heavy atom. The first kappa shape index (κ1) is 31.0. The van der Waals surface area contributed by atoms with Crippen molar-refractivity contribution >= 4 is 19.8 Å². The highest BCUT2D eigenvalue weighted by Gasteiger charge is 2.52. The largest absolute Gasteiger partial charge is 0.497 e. The van der Waals surface area contributed by atoms with Crippen molar-refractivity contribution in [3.63, 3.8) is 0 Å². The van der Waals surface area contributed by atoms with Crippen LogP contribution in [0, 0.1) is 11.2 Å². The molecule has 2 atom stereocenters. The summed E-state index contributed by atoms with van der Waals surface area (Å²) in [6.45, 7) is 16.6. The molecule has 0 fully saturated rings. The van der Waals surface area contributed by atoms with Gasteiger partial charge in [-0.05, 0) is 36.7 Å². The summed E-state index contributed by atoms with van der Waals surface area (Å²) in [5.41, 5.74) is 8.07. The first-order valence-electron chi connectivity index (χ1n) is 13.8. The Kier molecular flexibility index (Phi) is 9.50. The predicted octanol–water partition coefficient (Wildman–Crippen LogP) is 6.83. The number of halogens is 1. The molecule has 1 aliphatic heterocycles. The minimum atomic E-state index is -2.05. The Morgan fingerprint density at radius 2 is 1.85 bits per heavy atom. The normalized spacial score (nSPS) is 19.1. The number of ether oxygens (including phenoxy) is 2. The molecule has 2 aromatic rings. The van der Waals surface area contributed by atoms with Gasteiger partial charge in [-0.2, -0.15) is 0 Å². The van der Waals surface area contributed by atoms with Gasteiger partial charge >= 0.3 is 0 Å². The number of benzene rings is 1. The van der Waals surface area contributed by atoms with Crippen LogP contribution >= 0.6 is 0 Å². The molecular formula is C30H47FN4O3Si. The van der Waals surface area contributed by atoms with Crippen LogP contribution in [-0.2, 0) is 16.5 Å². The van der Waals surface area contributed by atoms with Crippen LogP contribution in [0.5, 0.6) is 11.5 Å². The number of methoxy groups -OCH3 is 2. The van der Waals surface area contributed by atoms with Crippen LogP contribution in [0.3, 0.4) is 0 Å². The van der Waals surface area contributed by atoms with Crippen LogP contribution in [-0.4, -0.2) is 40.0 Å². The Bertz CT molecular complexity index is 1180. The van der Waals surface area contributed by atoms with E-state index in [1.54, 1.807) is 14.2 Å². The lowest BCUT2D eigenvalue weighted by atomic mass is 9.64. The summed E-state index contributed by atoms with van der Waals surface area (Å²) >= 11 is 0. The minimum Gasteiger partial charge on any atom is -0.497 e. The molecule has 0 radical (unpaired) electrons. The van der Waals surface area contributed by atoms with E-state index in [9.17, 15) is 4.39 Å². The van der Waals surface area contributed by atoms with Crippen molar-refractivity contribution in [2.75, 3.05) is 20.8 Å². The van der Waals surface area contributed by atoms with Crippen LogP contribution < -0.4 is 20.5 Å². The number of pyridine rings is 1. The molecule has 2 unspecified atom stereocenters. The van der Waals surface area contributed by atoms with Crippen molar-refractivity contribution in [1.82, 2.24) is 10.3 Å². The summed E-state index contributed by atoms with van der Waals surface area (Å²) in [4.78, 5) is 9.30. The van der Waals surface area contributed by atoms with Gasteiger partial charge in [-0.25, -0.2) is 9.38 Å². The summed E-state index contributed by atoms with van der Waals surface area (Å²) < 4.78 is 32.1. The number of rotatable bonds is 11. The van der Waals surface area contributed by atoms with E-state index in [1.807, 2.05) is 18.2 Å². The third-order valence-corrected chi connectivity index (χ3v) is 13.1. The van der Waals surface area contributed by atoms with Crippen molar-refractivity contribution in [3.8, 4) is 11.5 Å². The van der Waals surface area contributed by atoms with E-state index in [2.05, 4.69) is 58.0 Å². The van der Waals surface area contributed by atoms with E-state index in [0.717, 1.165) is 30.6 Å². The molecule has 0 saturated heterocycles. The van der Waals surface area contributed by atoms with Gasteiger partial charge in [0.25, 0.3) is 0 Å². The lowest BCUT2D eigenvalue weighted by Gasteiger charge is -2.50. The molecule has 1 aliphatic rings. The maximum atomic E-state index is 14.4. The highest BCUT2D eigenvalue weighted by atomic mass is 28.4. The molecule has 1 aromatic carbocycles. The molecule has 216 valence electrons. The number of amidine groups is 1. The molecular weight excluding hydrogens is 511 g/mol. The summed E-state index contributed by atoms with van der Waals surface area (Å²) in [5.74, 6) is 1.67. The maximum Gasteiger partial charge on any atom is 0.192 e. The molecule has 2 heterocycles. The number of hydrogen-bond acceptors (Lipinski definition) is 7. The van der Waals surface area contributed by atoms with Crippen LogP contribution in [0.1, 0.15) is 71.6 Å². The van der Waals surface area contributed by atoms with Gasteiger partial charge in [0.05, 0.1) is 37.3 Å². The van der Waals surface area contributed by atoms with E-state index in [0.29, 0.717) is 42.5 Å². The van der Waals surface area contributed by atoms with Crippen molar-refractivity contribution in [2.45, 2.75) is 90.5 Å². The number of fused-ring (bicyclic) bond motifs is 1. The molecule has 3 N–H and O–H groups in total. The van der Waals surface area contributed by atoms with Crippen LogP contribution in [0.2, 0.25) is 18.1 Å². The predicted molar refractivity (Wildman–Crippen MR) is 159 cm³/mol. The smallest absolute Gasteiger partial charge is 0.192 e. The highest BCUT2D eigenvalue weighted by Crippen LogP contribution is 2.50. The fourth-order valence-corrected chi connectivity index (χ4v) is 5.85. The zero-order valence-electron chi connectivity index (χ0n) is 25.2. The minimum absolute atomic E-state index is 0.0673. The van der Waals surface area contributed by atoms with Crippen LogP contribution in [0.25, 0.3) is 0 Å². The van der Waals surface area contributed by atoms with Crippen molar-refractivity contribution in [3.05, 3.63) is 47.5 Å². The Morgan fingerprint density at radius 1 is 1.13 bits per heavy atom. The lowest BCUT2D eigenvalue weighted by Crippen LogP contribution is -2.58. The average molecular weight is 559 g/mol. The van der Waals surface area contributed by atoms with Gasteiger partial charge in [0.2, 0.25) is 0 Å². The Hall–Kier alpha value is -2.49. The first-order valence-corrected chi connectivity index (χ1v) is 16.7. The topological polar surface area (TPSA) is 91.0 Å². The zero-order chi connectivity index (χ0) is 29.1. The number of nitrogens with zero attached hydrogens (tertiary/aromatic N) is 2. The van der Waals surface area contributed by atoms with Crippen molar-refractivity contribution in [2.24, 2.45) is 16.1 Å². The third kappa shape index (κ3) is 6.64. The standard InChI is InChI=1S/C30H47FN4O3Si/c1-10-11-14-29(5,20-38-39(8,9)28(2,3)4)30(32)17-26(35-24-15-22(31)19-34-27(24)30)33-18-21-12-13-23(36-6)16-25(21)37-7/h12-13,15-16,19H,10-11,14,17-18,20,32H2,1-9H3,(H,33,35). The second-order valence-electron chi connectivity index (χ2n) is 12.5. The van der Waals surface area contributed by atoms with E-state index < -0.39 is 25.1 Å². The number of nitrogens with one attached hydrogen (secondary N) is 1. The molecule has 3 rings (SSSR count). The third-order valence-electron chi connectivity index (χ3n) is 8.65. The maximum absolute atomic E-state index is 14.4. The van der Waals surface area contributed by atoms with Gasteiger partial charge in [0, 0.05) is 42.7 Å². The molecule has 0 spiro atoms. The van der Waals surface area contributed by atoms with E-state index in [1.165, 1.54) is 12.3 Å². The van der Waals surface area contributed by atoms with Crippen LogP contribution in [0.15, 0.2) is 35.5 Å². The van der Waals surface area contributed by atoms with E-state index >= 15 is 0 Å². The summed E-state index contributed by atoms with van der Waals surface area (Å²) in [7, 11) is 1.21. The first-order chi connectivity index (χ1) is 18.2. The molecule has 0 amide bonds. The Labute approximate surface area is 234 Å². The monoisotopic (exact) mass is 558 g/mol. The SMILES string of the molecule is CCCCC(C)(CO[Si](C)(C)C(C)(C)C)C1(N)CC(NCc2ccc(OC)cc2OC)=Nc2cc(F)cnc21. The fraction of sp³-hybridized carbons (Fsp3) is 0.600.